The molecule has 0 amide bonds. The molecule has 0 atom stereocenters. The Morgan fingerprint density at radius 2 is 2.07 bits per heavy atom. The fourth-order valence-corrected chi connectivity index (χ4v) is 2.25. The van der Waals surface area contributed by atoms with Crippen LogP contribution in [-0.2, 0) is 6.42 Å². The fraction of sp³-hybridized carbons (Fsp3) is 0.667. The third-order valence-corrected chi connectivity index (χ3v) is 3.22. The molecule has 1 aromatic heterocycles. The van der Waals surface area contributed by atoms with Gasteiger partial charge in [-0.05, 0) is 26.2 Å². The topological polar surface area (TPSA) is 37.8 Å². The second-order valence-electron chi connectivity index (χ2n) is 4.64. The van der Waals surface area contributed by atoms with Gasteiger partial charge < -0.3 is 5.32 Å². The van der Waals surface area contributed by atoms with Crippen LogP contribution in [0.3, 0.4) is 0 Å². The summed E-state index contributed by atoms with van der Waals surface area (Å²) in [5.41, 5.74) is 1.36. The largest absolute Gasteiger partial charge is 0.365 e. The quantitative estimate of drug-likeness (QED) is 0.824. The Balaban J connectivity index is 2.09. The molecule has 1 aliphatic rings. The minimum absolute atomic E-state index is 0.249. The van der Waals surface area contributed by atoms with Crippen molar-refractivity contribution in [2.45, 2.75) is 51.5 Å². The molecule has 15 heavy (non-hydrogen) atoms. The standard InChI is InChI=1S/C12H19N3/c1-3-10-8-11(14-9-13-10)15-12(2)6-4-5-7-12/h8-9H,3-7H2,1-2H3,(H,13,14,15). The van der Waals surface area contributed by atoms with Crippen LogP contribution in [-0.4, -0.2) is 15.5 Å². The molecule has 82 valence electrons. The summed E-state index contributed by atoms with van der Waals surface area (Å²) in [6, 6.07) is 2.06. The van der Waals surface area contributed by atoms with E-state index in [-0.39, 0.29) is 5.54 Å². The van der Waals surface area contributed by atoms with Gasteiger partial charge in [-0.3, -0.25) is 0 Å². The average Bonchev–Trinajstić information content (AvgIpc) is 2.65. The van der Waals surface area contributed by atoms with Gasteiger partial charge in [0.15, 0.2) is 0 Å². The maximum atomic E-state index is 4.27. The van der Waals surface area contributed by atoms with Gasteiger partial charge in [0, 0.05) is 17.3 Å². The highest BCUT2D eigenvalue weighted by molar-refractivity contribution is 5.38. The van der Waals surface area contributed by atoms with Crippen LogP contribution in [0.2, 0.25) is 0 Å². The molecule has 3 nitrogen and oxygen atoms in total. The summed E-state index contributed by atoms with van der Waals surface area (Å²) in [7, 11) is 0. The Bertz CT molecular complexity index is 329. The number of anilines is 1. The Morgan fingerprint density at radius 3 is 2.73 bits per heavy atom. The van der Waals surface area contributed by atoms with Crippen LogP contribution < -0.4 is 5.32 Å². The van der Waals surface area contributed by atoms with Crippen molar-refractivity contribution in [3.8, 4) is 0 Å². The first-order valence-electron chi connectivity index (χ1n) is 5.81. The number of hydrogen-bond acceptors (Lipinski definition) is 3. The number of nitrogens with zero attached hydrogens (tertiary/aromatic N) is 2. The highest BCUT2D eigenvalue weighted by Crippen LogP contribution is 2.31. The molecule has 0 radical (unpaired) electrons. The smallest absolute Gasteiger partial charge is 0.130 e. The van der Waals surface area contributed by atoms with Crippen molar-refractivity contribution < 1.29 is 0 Å². The van der Waals surface area contributed by atoms with E-state index in [4.69, 9.17) is 0 Å². The third kappa shape index (κ3) is 2.46. The molecule has 2 rings (SSSR count). The molecular weight excluding hydrogens is 186 g/mol. The van der Waals surface area contributed by atoms with E-state index in [0.717, 1.165) is 17.9 Å². The molecule has 3 heteroatoms. The summed E-state index contributed by atoms with van der Waals surface area (Å²) in [5, 5.41) is 3.54. The van der Waals surface area contributed by atoms with E-state index in [2.05, 4.69) is 35.2 Å². The van der Waals surface area contributed by atoms with Gasteiger partial charge in [-0.25, -0.2) is 9.97 Å². The summed E-state index contributed by atoms with van der Waals surface area (Å²) in [5.74, 6) is 0.978. The van der Waals surface area contributed by atoms with Gasteiger partial charge in [0.2, 0.25) is 0 Å². The predicted molar refractivity (Wildman–Crippen MR) is 61.9 cm³/mol. The molecule has 0 spiro atoms. The summed E-state index contributed by atoms with van der Waals surface area (Å²) in [6.45, 7) is 4.40. The van der Waals surface area contributed by atoms with Crippen LogP contribution in [0, 0.1) is 0 Å². The lowest BCUT2D eigenvalue weighted by molar-refractivity contribution is 0.530. The molecular formula is C12H19N3. The summed E-state index contributed by atoms with van der Waals surface area (Å²) < 4.78 is 0. The van der Waals surface area contributed by atoms with E-state index < -0.39 is 0 Å². The van der Waals surface area contributed by atoms with E-state index in [1.807, 2.05) is 0 Å². The first-order chi connectivity index (χ1) is 7.22. The van der Waals surface area contributed by atoms with E-state index in [1.54, 1.807) is 6.33 Å². The number of nitrogens with one attached hydrogen (secondary N) is 1. The zero-order chi connectivity index (χ0) is 10.7. The van der Waals surface area contributed by atoms with Gasteiger partial charge in [0.25, 0.3) is 0 Å². The number of hydrogen-bond donors (Lipinski definition) is 1. The van der Waals surface area contributed by atoms with E-state index in [0.29, 0.717) is 0 Å². The first kappa shape index (κ1) is 10.4. The van der Waals surface area contributed by atoms with E-state index >= 15 is 0 Å². The highest BCUT2D eigenvalue weighted by atomic mass is 15.1. The molecule has 1 heterocycles. The summed E-state index contributed by atoms with van der Waals surface area (Å²) >= 11 is 0. The zero-order valence-electron chi connectivity index (χ0n) is 9.58. The summed E-state index contributed by atoms with van der Waals surface area (Å²) in [4.78, 5) is 8.48. The molecule has 0 unspecified atom stereocenters. The number of aromatic nitrogens is 2. The third-order valence-electron chi connectivity index (χ3n) is 3.22. The molecule has 0 aliphatic heterocycles. The molecule has 1 aliphatic carbocycles. The average molecular weight is 205 g/mol. The molecule has 1 saturated carbocycles. The van der Waals surface area contributed by atoms with Crippen LogP contribution in [0.5, 0.6) is 0 Å². The lowest BCUT2D eigenvalue weighted by Gasteiger charge is -2.25. The van der Waals surface area contributed by atoms with Crippen LogP contribution in [0.15, 0.2) is 12.4 Å². The Labute approximate surface area is 91.3 Å². The second kappa shape index (κ2) is 4.17. The second-order valence-corrected chi connectivity index (χ2v) is 4.64. The van der Waals surface area contributed by atoms with Gasteiger partial charge in [-0.2, -0.15) is 0 Å². The molecule has 1 fully saturated rings. The van der Waals surface area contributed by atoms with Gasteiger partial charge >= 0.3 is 0 Å². The Morgan fingerprint density at radius 1 is 1.33 bits per heavy atom. The van der Waals surface area contributed by atoms with Crippen LogP contribution in [0.25, 0.3) is 0 Å². The van der Waals surface area contributed by atoms with E-state index in [1.165, 1.54) is 25.7 Å². The van der Waals surface area contributed by atoms with Crippen molar-refractivity contribution in [1.29, 1.82) is 0 Å². The summed E-state index contributed by atoms with van der Waals surface area (Å²) in [6.07, 6.45) is 7.77. The van der Waals surface area contributed by atoms with Gasteiger partial charge in [-0.1, -0.05) is 19.8 Å². The van der Waals surface area contributed by atoms with Crippen LogP contribution in [0.4, 0.5) is 5.82 Å². The first-order valence-corrected chi connectivity index (χ1v) is 5.81. The Kier molecular flexibility index (Phi) is 2.89. The molecule has 1 N–H and O–H groups in total. The van der Waals surface area contributed by atoms with Crippen molar-refractivity contribution >= 4 is 5.82 Å². The molecule has 1 aromatic rings. The fourth-order valence-electron chi connectivity index (χ4n) is 2.25. The maximum absolute atomic E-state index is 4.27. The number of rotatable bonds is 3. The monoisotopic (exact) mass is 205 g/mol. The van der Waals surface area contributed by atoms with Crippen molar-refractivity contribution in [3.63, 3.8) is 0 Å². The van der Waals surface area contributed by atoms with Crippen molar-refractivity contribution in [2.75, 3.05) is 5.32 Å². The molecule has 0 bridgehead atoms. The highest BCUT2D eigenvalue weighted by Gasteiger charge is 2.28. The van der Waals surface area contributed by atoms with E-state index in [9.17, 15) is 0 Å². The lowest BCUT2D eigenvalue weighted by atomic mass is 10.0. The van der Waals surface area contributed by atoms with Crippen LogP contribution >= 0.6 is 0 Å². The molecule has 0 saturated heterocycles. The van der Waals surface area contributed by atoms with Gasteiger partial charge in [0.1, 0.15) is 12.1 Å². The van der Waals surface area contributed by atoms with Gasteiger partial charge in [-0.15, -0.1) is 0 Å². The minimum atomic E-state index is 0.249. The SMILES string of the molecule is CCc1cc(NC2(C)CCCC2)ncn1. The van der Waals surface area contributed by atoms with Crippen molar-refractivity contribution in [3.05, 3.63) is 18.1 Å². The van der Waals surface area contributed by atoms with Crippen molar-refractivity contribution in [2.24, 2.45) is 0 Å². The van der Waals surface area contributed by atoms with Crippen LogP contribution in [0.1, 0.15) is 45.2 Å². The predicted octanol–water partition coefficient (Wildman–Crippen LogP) is 2.78. The Hall–Kier alpha value is -1.12. The van der Waals surface area contributed by atoms with Gasteiger partial charge in [0.05, 0.1) is 0 Å². The van der Waals surface area contributed by atoms with Crippen molar-refractivity contribution in [1.82, 2.24) is 9.97 Å². The number of aryl methyl sites for hydroxylation is 1. The zero-order valence-corrected chi connectivity index (χ0v) is 9.58. The molecule has 0 aromatic carbocycles. The minimum Gasteiger partial charge on any atom is -0.365 e. The lowest BCUT2D eigenvalue weighted by Crippen LogP contribution is -2.31. The maximum Gasteiger partial charge on any atom is 0.130 e. The normalized spacial score (nSPS) is 19.1.